The number of amides is 1. The summed E-state index contributed by atoms with van der Waals surface area (Å²) in [4.78, 5) is 15.3. The lowest BCUT2D eigenvalue weighted by molar-refractivity contribution is 0.0929. The van der Waals surface area contributed by atoms with Crippen LogP contribution in [0.4, 0.5) is 0 Å². The molecule has 0 aromatic carbocycles. The van der Waals surface area contributed by atoms with Gasteiger partial charge in [-0.1, -0.05) is 18.9 Å². The zero-order valence-corrected chi connectivity index (χ0v) is 7.87. The summed E-state index contributed by atoms with van der Waals surface area (Å²) in [6.45, 7) is 2.53. The molecule has 0 bridgehead atoms. The zero-order valence-electron chi connectivity index (χ0n) is 7.87. The van der Waals surface area contributed by atoms with E-state index in [0.29, 0.717) is 17.9 Å². The standard InChI is InChI=1S/C10H11N3O/c1-3-8-6-5-7-9(12-8)10(14)13-11-4-2/h1,5-7,11H,4H2,2H3,(H,13,14). The maximum absolute atomic E-state index is 11.4. The lowest BCUT2D eigenvalue weighted by atomic mass is 10.3. The average Bonchev–Trinajstić information content (AvgIpc) is 2.26. The third-order valence-electron chi connectivity index (χ3n) is 1.51. The smallest absolute Gasteiger partial charge is 0.284 e. The summed E-state index contributed by atoms with van der Waals surface area (Å²) in [7, 11) is 0. The minimum absolute atomic E-state index is 0.288. The lowest BCUT2D eigenvalue weighted by Gasteiger charge is -2.03. The van der Waals surface area contributed by atoms with Gasteiger partial charge in [-0.05, 0) is 12.1 Å². The fourth-order valence-electron chi connectivity index (χ4n) is 0.874. The summed E-state index contributed by atoms with van der Waals surface area (Å²) < 4.78 is 0. The third-order valence-corrected chi connectivity index (χ3v) is 1.51. The Morgan fingerprint density at radius 1 is 1.64 bits per heavy atom. The molecule has 1 aromatic heterocycles. The number of carbonyl (C=O) groups is 1. The van der Waals surface area contributed by atoms with Crippen molar-refractivity contribution in [2.24, 2.45) is 0 Å². The van der Waals surface area contributed by atoms with Crippen LogP contribution in [0.1, 0.15) is 23.1 Å². The predicted octanol–water partition coefficient (Wildman–Crippen LogP) is 0.317. The van der Waals surface area contributed by atoms with Crippen LogP contribution in [0.5, 0.6) is 0 Å². The summed E-state index contributed by atoms with van der Waals surface area (Å²) >= 11 is 0. The molecule has 0 atom stereocenters. The number of aromatic nitrogens is 1. The number of nitrogens with zero attached hydrogens (tertiary/aromatic N) is 1. The molecule has 4 heteroatoms. The van der Waals surface area contributed by atoms with Gasteiger partial charge in [0.15, 0.2) is 0 Å². The van der Waals surface area contributed by atoms with Crippen molar-refractivity contribution < 1.29 is 4.79 Å². The molecular formula is C10H11N3O. The van der Waals surface area contributed by atoms with Crippen molar-refractivity contribution in [1.82, 2.24) is 15.8 Å². The van der Waals surface area contributed by atoms with Crippen LogP contribution < -0.4 is 10.9 Å². The van der Waals surface area contributed by atoms with Gasteiger partial charge in [-0.2, -0.15) is 0 Å². The molecule has 2 N–H and O–H groups in total. The lowest BCUT2D eigenvalue weighted by Crippen LogP contribution is -2.37. The van der Waals surface area contributed by atoms with Crippen molar-refractivity contribution in [3.05, 3.63) is 29.6 Å². The van der Waals surface area contributed by atoms with Gasteiger partial charge < -0.3 is 0 Å². The molecule has 4 nitrogen and oxygen atoms in total. The molecule has 0 aliphatic carbocycles. The van der Waals surface area contributed by atoms with E-state index in [0.717, 1.165) is 0 Å². The molecule has 1 heterocycles. The van der Waals surface area contributed by atoms with Crippen molar-refractivity contribution in [3.63, 3.8) is 0 Å². The first kappa shape index (κ1) is 10.2. The Morgan fingerprint density at radius 2 is 2.43 bits per heavy atom. The van der Waals surface area contributed by atoms with Crippen molar-refractivity contribution in [2.75, 3.05) is 6.54 Å². The molecule has 1 aromatic rings. The van der Waals surface area contributed by atoms with Crippen LogP contribution in [0, 0.1) is 12.3 Å². The Balaban J connectivity index is 2.75. The molecule has 0 spiro atoms. The van der Waals surface area contributed by atoms with Crippen LogP contribution in [0.3, 0.4) is 0 Å². The van der Waals surface area contributed by atoms with Crippen LogP contribution in [0.2, 0.25) is 0 Å². The summed E-state index contributed by atoms with van der Waals surface area (Å²) in [6, 6.07) is 4.97. The van der Waals surface area contributed by atoms with Crippen LogP contribution in [-0.4, -0.2) is 17.4 Å². The number of carbonyl (C=O) groups excluding carboxylic acids is 1. The van der Waals surface area contributed by atoms with E-state index in [9.17, 15) is 4.79 Å². The van der Waals surface area contributed by atoms with Crippen molar-refractivity contribution in [2.45, 2.75) is 6.92 Å². The molecule has 14 heavy (non-hydrogen) atoms. The van der Waals surface area contributed by atoms with Crippen molar-refractivity contribution >= 4 is 5.91 Å². The van der Waals surface area contributed by atoms with Gasteiger partial charge in [0.1, 0.15) is 11.4 Å². The van der Waals surface area contributed by atoms with Gasteiger partial charge in [0.2, 0.25) is 0 Å². The van der Waals surface area contributed by atoms with E-state index in [1.54, 1.807) is 18.2 Å². The summed E-state index contributed by atoms with van der Waals surface area (Å²) in [5, 5.41) is 0. The highest BCUT2D eigenvalue weighted by molar-refractivity contribution is 5.91. The maximum atomic E-state index is 11.4. The SMILES string of the molecule is C#Cc1cccc(C(=O)NNCC)n1. The number of terminal acetylenes is 1. The Hall–Kier alpha value is -1.86. The fraction of sp³-hybridized carbons (Fsp3) is 0.200. The van der Waals surface area contributed by atoms with Gasteiger partial charge in [-0.25, -0.2) is 10.4 Å². The first-order valence-electron chi connectivity index (χ1n) is 4.24. The van der Waals surface area contributed by atoms with Gasteiger partial charge in [0.05, 0.1) is 0 Å². The molecule has 0 radical (unpaired) electrons. The van der Waals surface area contributed by atoms with E-state index in [1.807, 2.05) is 6.92 Å². The van der Waals surface area contributed by atoms with Crippen LogP contribution in [0.25, 0.3) is 0 Å². The monoisotopic (exact) mass is 189 g/mol. The van der Waals surface area contributed by atoms with E-state index >= 15 is 0 Å². The first-order chi connectivity index (χ1) is 6.77. The van der Waals surface area contributed by atoms with Gasteiger partial charge >= 0.3 is 0 Å². The van der Waals surface area contributed by atoms with Gasteiger partial charge in [-0.3, -0.25) is 10.2 Å². The van der Waals surface area contributed by atoms with Crippen molar-refractivity contribution in [1.29, 1.82) is 0 Å². The number of rotatable bonds is 3. The van der Waals surface area contributed by atoms with Gasteiger partial charge in [0.25, 0.3) is 5.91 Å². The number of hydrazine groups is 1. The molecule has 0 unspecified atom stereocenters. The molecule has 1 rings (SSSR count). The van der Waals surface area contributed by atoms with Crippen molar-refractivity contribution in [3.8, 4) is 12.3 Å². The van der Waals surface area contributed by atoms with E-state index in [4.69, 9.17) is 6.42 Å². The highest BCUT2D eigenvalue weighted by Gasteiger charge is 2.05. The Morgan fingerprint density at radius 3 is 3.07 bits per heavy atom. The van der Waals surface area contributed by atoms with E-state index in [1.165, 1.54) is 0 Å². The molecule has 1 amide bonds. The average molecular weight is 189 g/mol. The summed E-state index contributed by atoms with van der Waals surface area (Å²) in [5.74, 6) is 2.08. The second-order valence-corrected chi connectivity index (χ2v) is 2.54. The Bertz CT molecular complexity index is 368. The second kappa shape index (κ2) is 5.00. The molecule has 0 aliphatic rings. The van der Waals surface area contributed by atoms with E-state index in [-0.39, 0.29) is 5.91 Å². The topological polar surface area (TPSA) is 54.0 Å². The Labute approximate surface area is 82.7 Å². The molecule has 0 fully saturated rings. The minimum Gasteiger partial charge on any atom is -0.286 e. The molecule has 0 aliphatic heterocycles. The molecule has 72 valence electrons. The normalized spacial score (nSPS) is 9.14. The first-order valence-corrected chi connectivity index (χ1v) is 4.24. The van der Waals surface area contributed by atoms with Gasteiger partial charge in [0, 0.05) is 6.54 Å². The highest BCUT2D eigenvalue weighted by atomic mass is 16.2. The Kier molecular flexibility index (Phi) is 3.65. The number of pyridine rings is 1. The van der Waals surface area contributed by atoms with Crippen LogP contribution >= 0.6 is 0 Å². The van der Waals surface area contributed by atoms with Gasteiger partial charge in [-0.15, -0.1) is 6.42 Å². The maximum Gasteiger partial charge on any atom is 0.284 e. The fourth-order valence-corrected chi connectivity index (χ4v) is 0.874. The second-order valence-electron chi connectivity index (χ2n) is 2.54. The van der Waals surface area contributed by atoms with Crippen LogP contribution in [0.15, 0.2) is 18.2 Å². The largest absolute Gasteiger partial charge is 0.286 e. The number of hydrogen-bond acceptors (Lipinski definition) is 3. The molecule has 0 saturated carbocycles. The quantitative estimate of drug-likeness (QED) is 0.531. The number of nitrogens with one attached hydrogen (secondary N) is 2. The summed E-state index contributed by atoms with van der Waals surface area (Å²) in [6.07, 6.45) is 5.16. The molecular weight excluding hydrogens is 178 g/mol. The number of hydrogen-bond donors (Lipinski definition) is 2. The third kappa shape index (κ3) is 2.57. The zero-order chi connectivity index (χ0) is 10.4. The highest BCUT2D eigenvalue weighted by Crippen LogP contribution is 1.97. The van der Waals surface area contributed by atoms with E-state index < -0.39 is 0 Å². The van der Waals surface area contributed by atoms with Crippen LogP contribution in [-0.2, 0) is 0 Å². The predicted molar refractivity (Wildman–Crippen MR) is 53.3 cm³/mol. The summed E-state index contributed by atoms with van der Waals surface area (Å²) in [5.41, 5.74) is 5.93. The molecule has 0 saturated heterocycles. The van der Waals surface area contributed by atoms with E-state index in [2.05, 4.69) is 21.8 Å². The minimum atomic E-state index is -0.288.